The quantitative estimate of drug-likeness (QED) is 0.239. The van der Waals surface area contributed by atoms with Gasteiger partial charge in [-0.15, -0.1) is 0 Å². The van der Waals surface area contributed by atoms with E-state index in [1.54, 1.807) is 19.2 Å². The number of rotatable bonds is 6. The monoisotopic (exact) mass is 564 g/mol. The van der Waals surface area contributed by atoms with Gasteiger partial charge in [0.1, 0.15) is 17.2 Å². The van der Waals surface area contributed by atoms with Gasteiger partial charge < -0.3 is 14.0 Å². The molecule has 9 heteroatoms. The molecular weight excluding hydrogens is 528 g/mol. The average molecular weight is 565 g/mol. The second-order valence-corrected chi connectivity index (χ2v) is 12.3. The molecule has 216 valence electrons. The zero-order chi connectivity index (χ0) is 29.4. The lowest BCUT2D eigenvalue weighted by Crippen LogP contribution is -2.35. The molecule has 42 heavy (non-hydrogen) atoms. The van der Waals surface area contributed by atoms with Crippen LogP contribution in [0.3, 0.4) is 0 Å². The first-order chi connectivity index (χ1) is 20.2. The fourth-order valence-corrected chi connectivity index (χ4v) is 5.71. The van der Waals surface area contributed by atoms with E-state index in [-0.39, 0.29) is 5.82 Å². The molecule has 0 radical (unpaired) electrons. The second kappa shape index (κ2) is 11.2. The lowest BCUT2D eigenvalue weighted by molar-refractivity contribution is 0.0588. The van der Waals surface area contributed by atoms with Gasteiger partial charge in [-0.05, 0) is 107 Å². The molecule has 1 aromatic carbocycles. The van der Waals surface area contributed by atoms with Crippen molar-refractivity contribution in [2.24, 2.45) is 0 Å². The van der Waals surface area contributed by atoms with Crippen LogP contribution < -0.4 is 4.90 Å². The van der Waals surface area contributed by atoms with Gasteiger partial charge in [-0.3, -0.25) is 0 Å². The summed E-state index contributed by atoms with van der Waals surface area (Å²) in [5.41, 5.74) is 4.50. The number of methoxy groups -OCH3 is 1. The molecule has 2 aliphatic rings. The molecule has 6 rings (SSSR count). The zero-order valence-corrected chi connectivity index (χ0v) is 24.6. The fourth-order valence-electron chi connectivity index (χ4n) is 5.71. The molecule has 2 fully saturated rings. The number of hydrogen-bond donors (Lipinski definition) is 0. The number of carbonyl (C=O) groups excluding carboxylic acids is 1. The number of aromatic nitrogens is 4. The Labute approximate surface area is 246 Å². The summed E-state index contributed by atoms with van der Waals surface area (Å²) in [6.07, 6.45) is 9.55. The standard InChI is InChI=1S/C33H36N6O3/c1-33(2,3)42-32(40)39(30-15-21(19-34)13-14-35-30)31-18-24(22-5-6-22)16-28(37-31)23-7-12-27-29(17-23)38(20-36-27)25-8-10-26(41-4)11-9-25/h7,12-18,20,22,25-26H,5-6,8-11H2,1-4H3. The van der Waals surface area contributed by atoms with E-state index < -0.39 is 11.7 Å². The number of pyridine rings is 2. The number of nitrogens with zero attached hydrogens (tertiary/aromatic N) is 6. The number of fused-ring (bicyclic) bond motifs is 1. The van der Waals surface area contributed by atoms with E-state index >= 15 is 0 Å². The van der Waals surface area contributed by atoms with Gasteiger partial charge in [0.05, 0.1) is 40.8 Å². The molecule has 1 amide bonds. The first-order valence-corrected chi connectivity index (χ1v) is 14.6. The summed E-state index contributed by atoms with van der Waals surface area (Å²) >= 11 is 0. The molecule has 0 atom stereocenters. The normalized spacial score (nSPS) is 18.9. The van der Waals surface area contributed by atoms with Crippen LogP contribution in [0.15, 0.2) is 55.0 Å². The molecule has 0 aliphatic heterocycles. The van der Waals surface area contributed by atoms with Crippen molar-refractivity contribution in [1.82, 2.24) is 19.5 Å². The number of hydrogen-bond acceptors (Lipinski definition) is 7. The molecule has 2 saturated carbocycles. The lowest BCUT2D eigenvalue weighted by Gasteiger charge is -2.29. The maximum absolute atomic E-state index is 13.6. The van der Waals surface area contributed by atoms with E-state index in [0.29, 0.717) is 29.4 Å². The highest BCUT2D eigenvalue weighted by Gasteiger charge is 2.31. The van der Waals surface area contributed by atoms with Crippen LogP contribution in [-0.4, -0.2) is 44.4 Å². The molecule has 0 unspecified atom stereocenters. The van der Waals surface area contributed by atoms with E-state index in [4.69, 9.17) is 14.5 Å². The van der Waals surface area contributed by atoms with Crippen molar-refractivity contribution in [3.8, 4) is 17.3 Å². The number of nitriles is 1. The summed E-state index contributed by atoms with van der Waals surface area (Å²) in [6.45, 7) is 5.46. The number of amides is 1. The summed E-state index contributed by atoms with van der Waals surface area (Å²) in [5.74, 6) is 1.11. The Morgan fingerprint density at radius 1 is 1.00 bits per heavy atom. The molecule has 0 bridgehead atoms. The minimum atomic E-state index is -0.731. The highest BCUT2D eigenvalue weighted by atomic mass is 16.6. The number of benzene rings is 1. The molecule has 2 aliphatic carbocycles. The molecule has 0 saturated heterocycles. The number of anilines is 2. The minimum absolute atomic E-state index is 0.287. The predicted molar refractivity (Wildman–Crippen MR) is 161 cm³/mol. The van der Waals surface area contributed by atoms with Gasteiger partial charge in [-0.1, -0.05) is 6.07 Å². The van der Waals surface area contributed by atoms with Crippen LogP contribution in [0.25, 0.3) is 22.3 Å². The molecule has 3 heterocycles. The number of imidazole rings is 1. The largest absolute Gasteiger partial charge is 0.443 e. The number of carbonyl (C=O) groups is 1. The van der Waals surface area contributed by atoms with Gasteiger partial charge in [-0.25, -0.2) is 24.6 Å². The molecule has 0 N–H and O–H groups in total. The first kappa shape index (κ1) is 27.9. The summed E-state index contributed by atoms with van der Waals surface area (Å²) in [7, 11) is 1.79. The van der Waals surface area contributed by atoms with E-state index in [1.165, 1.54) is 11.1 Å². The van der Waals surface area contributed by atoms with E-state index in [1.807, 2.05) is 45.3 Å². The highest BCUT2D eigenvalue weighted by molar-refractivity contribution is 5.95. The Bertz CT molecular complexity index is 1650. The van der Waals surface area contributed by atoms with Crippen molar-refractivity contribution in [2.75, 3.05) is 12.0 Å². The maximum atomic E-state index is 13.6. The summed E-state index contributed by atoms with van der Waals surface area (Å²) in [4.78, 5) is 29.1. The Morgan fingerprint density at radius 2 is 1.79 bits per heavy atom. The van der Waals surface area contributed by atoms with Gasteiger partial charge >= 0.3 is 6.09 Å². The minimum Gasteiger partial charge on any atom is -0.443 e. The SMILES string of the molecule is COC1CCC(n2cnc3ccc(-c4cc(C5CC5)cc(N(C(=O)OC(C)(C)C)c5cc(C#N)ccn5)n4)cc32)CC1. The summed E-state index contributed by atoms with van der Waals surface area (Å²) < 4.78 is 13.7. The zero-order valence-electron chi connectivity index (χ0n) is 24.6. The number of ether oxygens (including phenoxy) is 2. The smallest absolute Gasteiger partial charge is 0.421 e. The molecule has 3 aromatic heterocycles. The Morgan fingerprint density at radius 3 is 2.48 bits per heavy atom. The molecule has 4 aromatic rings. The van der Waals surface area contributed by atoms with Crippen molar-refractivity contribution in [1.29, 1.82) is 5.26 Å². The maximum Gasteiger partial charge on any atom is 0.421 e. The third kappa shape index (κ3) is 5.86. The van der Waals surface area contributed by atoms with Crippen molar-refractivity contribution in [3.05, 3.63) is 66.1 Å². The van der Waals surface area contributed by atoms with Gasteiger partial charge in [0.2, 0.25) is 0 Å². The topological polar surface area (TPSA) is 106 Å². The van der Waals surface area contributed by atoms with Crippen LogP contribution in [-0.2, 0) is 9.47 Å². The van der Waals surface area contributed by atoms with Crippen LogP contribution in [0.2, 0.25) is 0 Å². The summed E-state index contributed by atoms with van der Waals surface area (Å²) in [6, 6.07) is 16.0. The Balaban J connectivity index is 1.43. The lowest BCUT2D eigenvalue weighted by atomic mass is 9.92. The van der Waals surface area contributed by atoms with E-state index in [9.17, 15) is 10.1 Å². The third-order valence-electron chi connectivity index (χ3n) is 8.03. The first-order valence-electron chi connectivity index (χ1n) is 14.6. The average Bonchev–Trinajstić information content (AvgIpc) is 3.75. The van der Waals surface area contributed by atoms with Crippen LogP contribution in [0.5, 0.6) is 0 Å². The van der Waals surface area contributed by atoms with E-state index in [0.717, 1.165) is 66.4 Å². The van der Waals surface area contributed by atoms with Gasteiger partial charge in [-0.2, -0.15) is 5.26 Å². The van der Waals surface area contributed by atoms with Gasteiger partial charge in [0.15, 0.2) is 0 Å². The van der Waals surface area contributed by atoms with Crippen molar-refractivity contribution in [3.63, 3.8) is 0 Å². The van der Waals surface area contributed by atoms with Crippen molar-refractivity contribution < 1.29 is 14.3 Å². The predicted octanol–water partition coefficient (Wildman–Crippen LogP) is 7.45. The Hall–Kier alpha value is -4.29. The van der Waals surface area contributed by atoms with Crippen molar-refractivity contribution >= 4 is 28.8 Å². The fraction of sp³-hybridized carbons (Fsp3) is 0.424. The summed E-state index contributed by atoms with van der Waals surface area (Å²) in [5, 5.41) is 9.53. The molecule has 0 spiro atoms. The van der Waals surface area contributed by atoms with Crippen LogP contribution in [0, 0.1) is 11.3 Å². The second-order valence-electron chi connectivity index (χ2n) is 12.3. The molecule has 9 nitrogen and oxygen atoms in total. The highest BCUT2D eigenvalue weighted by Crippen LogP contribution is 2.43. The Kier molecular flexibility index (Phi) is 7.42. The van der Waals surface area contributed by atoms with Gasteiger partial charge in [0, 0.05) is 24.9 Å². The van der Waals surface area contributed by atoms with Gasteiger partial charge in [0.25, 0.3) is 0 Å². The van der Waals surface area contributed by atoms with Crippen LogP contribution in [0.1, 0.15) is 82.4 Å². The molecular formula is C33H36N6O3. The van der Waals surface area contributed by atoms with Crippen LogP contribution >= 0.6 is 0 Å². The third-order valence-corrected chi connectivity index (χ3v) is 8.03. The van der Waals surface area contributed by atoms with Crippen LogP contribution in [0.4, 0.5) is 16.4 Å². The van der Waals surface area contributed by atoms with Crippen molar-refractivity contribution in [2.45, 2.75) is 83.0 Å². The van der Waals surface area contributed by atoms with E-state index in [2.05, 4.69) is 32.7 Å².